The number of rotatable bonds is 12. The van der Waals surface area contributed by atoms with Crippen molar-refractivity contribution >= 4 is 22.8 Å². The number of carbonyl (C=O) groups excluding carboxylic acids is 2. The minimum Gasteiger partial charge on any atom is -0.356 e. The summed E-state index contributed by atoms with van der Waals surface area (Å²) in [5.74, 6) is 0.270. The fraction of sp³-hybridized carbons (Fsp3) is 0.867. The first-order chi connectivity index (χ1) is 9.07. The number of carbonyl (C=O) groups is 2. The van der Waals surface area contributed by atoms with Crippen molar-refractivity contribution < 1.29 is 9.59 Å². The molecule has 0 rings (SSSR count). The zero-order valence-electron chi connectivity index (χ0n) is 12.3. The van der Waals surface area contributed by atoms with Crippen molar-refractivity contribution in [1.82, 2.24) is 5.32 Å². The largest absolute Gasteiger partial charge is 0.356 e. The summed E-state index contributed by atoms with van der Waals surface area (Å²) in [6.07, 6.45) is 8.92. The molecule has 0 spiro atoms. The van der Waals surface area contributed by atoms with E-state index in [1.807, 2.05) is 6.92 Å². The molecule has 0 aromatic heterocycles. The van der Waals surface area contributed by atoms with Crippen LogP contribution in [0, 0.1) is 5.92 Å². The van der Waals surface area contributed by atoms with Gasteiger partial charge < -0.3 is 5.32 Å². The first kappa shape index (κ1) is 18.4. The average molecular weight is 290 g/mol. The molecular weight excluding hydrogens is 262 g/mol. The van der Waals surface area contributed by atoms with Crippen LogP contribution in [0.2, 0.25) is 0 Å². The number of hydrogen-bond donors (Lipinski definition) is 1. The Hall–Kier alpha value is -0.570. The second-order valence-corrected chi connectivity index (χ2v) is 5.63. The lowest BCUT2D eigenvalue weighted by atomic mass is 10.0. The molecule has 1 atom stereocenters. The SMILES string of the molecule is CCCCCCC(C)C(=O)NCCCCCC(=O)Cl. The quantitative estimate of drug-likeness (QED) is 0.435. The third-order valence-corrected chi connectivity index (χ3v) is 3.48. The van der Waals surface area contributed by atoms with E-state index >= 15 is 0 Å². The van der Waals surface area contributed by atoms with Crippen LogP contribution < -0.4 is 5.32 Å². The van der Waals surface area contributed by atoms with E-state index in [9.17, 15) is 9.59 Å². The molecule has 4 heteroatoms. The molecule has 19 heavy (non-hydrogen) atoms. The van der Waals surface area contributed by atoms with E-state index in [0.29, 0.717) is 13.0 Å². The van der Waals surface area contributed by atoms with Crippen LogP contribution in [0.3, 0.4) is 0 Å². The predicted octanol–water partition coefficient (Wildman–Crippen LogP) is 4.03. The summed E-state index contributed by atoms with van der Waals surface area (Å²) in [4.78, 5) is 22.3. The van der Waals surface area contributed by atoms with Crippen LogP contribution in [-0.2, 0) is 9.59 Å². The Balaban J connectivity index is 3.43. The number of unbranched alkanes of at least 4 members (excludes halogenated alkanes) is 5. The molecule has 112 valence electrons. The summed E-state index contributed by atoms with van der Waals surface area (Å²) < 4.78 is 0. The predicted molar refractivity (Wildman–Crippen MR) is 80.3 cm³/mol. The first-order valence-corrected chi connectivity index (χ1v) is 7.91. The molecule has 0 aliphatic rings. The highest BCUT2D eigenvalue weighted by molar-refractivity contribution is 6.63. The van der Waals surface area contributed by atoms with Crippen LogP contribution in [0.5, 0.6) is 0 Å². The van der Waals surface area contributed by atoms with Gasteiger partial charge in [-0.2, -0.15) is 0 Å². The van der Waals surface area contributed by atoms with E-state index < -0.39 is 0 Å². The lowest BCUT2D eigenvalue weighted by Crippen LogP contribution is -2.30. The van der Waals surface area contributed by atoms with Gasteiger partial charge >= 0.3 is 0 Å². The Morgan fingerprint density at radius 2 is 1.74 bits per heavy atom. The van der Waals surface area contributed by atoms with Gasteiger partial charge in [0.25, 0.3) is 0 Å². The minimum absolute atomic E-state index is 0.112. The standard InChI is InChI=1S/C15H28ClNO2/c1-3-4-5-7-10-13(2)15(19)17-12-9-6-8-11-14(16)18/h13H,3-12H2,1-2H3,(H,17,19). The third kappa shape index (κ3) is 12.2. The van der Waals surface area contributed by atoms with Crippen LogP contribution in [0.1, 0.15) is 71.6 Å². The molecule has 0 aliphatic carbocycles. The maximum Gasteiger partial charge on any atom is 0.222 e. The molecule has 3 nitrogen and oxygen atoms in total. The van der Waals surface area contributed by atoms with Gasteiger partial charge in [0, 0.05) is 18.9 Å². The van der Waals surface area contributed by atoms with E-state index in [1.54, 1.807) is 0 Å². The van der Waals surface area contributed by atoms with Crippen LogP contribution in [-0.4, -0.2) is 17.7 Å². The molecule has 0 aromatic rings. The molecule has 0 bridgehead atoms. The van der Waals surface area contributed by atoms with Crippen LogP contribution in [0.15, 0.2) is 0 Å². The maximum absolute atomic E-state index is 11.8. The Kier molecular flexibility index (Phi) is 12.1. The van der Waals surface area contributed by atoms with Crippen molar-refractivity contribution in [3.05, 3.63) is 0 Å². The van der Waals surface area contributed by atoms with Crippen LogP contribution in [0.4, 0.5) is 0 Å². The van der Waals surface area contributed by atoms with Gasteiger partial charge in [-0.1, -0.05) is 46.0 Å². The molecule has 1 amide bonds. The van der Waals surface area contributed by atoms with Gasteiger partial charge in [0.1, 0.15) is 0 Å². The fourth-order valence-electron chi connectivity index (χ4n) is 1.96. The lowest BCUT2D eigenvalue weighted by molar-refractivity contribution is -0.124. The van der Waals surface area contributed by atoms with E-state index in [4.69, 9.17) is 11.6 Å². The summed E-state index contributed by atoms with van der Waals surface area (Å²) in [6, 6.07) is 0. The van der Waals surface area contributed by atoms with Gasteiger partial charge in [0.05, 0.1) is 0 Å². The number of hydrogen-bond acceptors (Lipinski definition) is 2. The zero-order chi connectivity index (χ0) is 14.5. The number of nitrogens with one attached hydrogen (secondary N) is 1. The van der Waals surface area contributed by atoms with Crippen molar-refractivity contribution in [2.45, 2.75) is 71.6 Å². The Morgan fingerprint density at radius 3 is 2.37 bits per heavy atom. The number of halogens is 1. The molecule has 0 fully saturated rings. The van der Waals surface area contributed by atoms with Crippen molar-refractivity contribution in [1.29, 1.82) is 0 Å². The monoisotopic (exact) mass is 289 g/mol. The topological polar surface area (TPSA) is 46.2 Å². The highest BCUT2D eigenvalue weighted by Crippen LogP contribution is 2.10. The fourth-order valence-corrected chi connectivity index (χ4v) is 2.09. The van der Waals surface area contributed by atoms with E-state index in [-0.39, 0.29) is 17.1 Å². The van der Waals surface area contributed by atoms with E-state index in [1.165, 1.54) is 19.3 Å². The average Bonchev–Trinajstić information content (AvgIpc) is 2.37. The molecule has 1 unspecified atom stereocenters. The van der Waals surface area contributed by atoms with Gasteiger partial charge in [-0.15, -0.1) is 0 Å². The zero-order valence-corrected chi connectivity index (χ0v) is 13.1. The highest BCUT2D eigenvalue weighted by atomic mass is 35.5. The van der Waals surface area contributed by atoms with Gasteiger partial charge in [0.15, 0.2) is 0 Å². The van der Waals surface area contributed by atoms with Crippen molar-refractivity contribution in [3.63, 3.8) is 0 Å². The summed E-state index contributed by atoms with van der Waals surface area (Å²) in [7, 11) is 0. The Labute approximate surface area is 122 Å². The van der Waals surface area contributed by atoms with Crippen LogP contribution in [0.25, 0.3) is 0 Å². The minimum atomic E-state index is -0.273. The normalized spacial score (nSPS) is 12.2. The van der Waals surface area contributed by atoms with Crippen molar-refractivity contribution in [2.24, 2.45) is 5.92 Å². The lowest BCUT2D eigenvalue weighted by Gasteiger charge is -2.11. The summed E-state index contributed by atoms with van der Waals surface area (Å²) in [5, 5.41) is 2.68. The smallest absolute Gasteiger partial charge is 0.222 e. The summed E-state index contributed by atoms with van der Waals surface area (Å²) >= 11 is 5.24. The van der Waals surface area contributed by atoms with Crippen molar-refractivity contribution in [3.8, 4) is 0 Å². The molecule has 1 N–H and O–H groups in total. The molecule has 0 aliphatic heterocycles. The highest BCUT2D eigenvalue weighted by Gasteiger charge is 2.11. The summed E-state index contributed by atoms with van der Waals surface area (Å²) in [5.41, 5.74) is 0. The van der Waals surface area contributed by atoms with Gasteiger partial charge in [-0.25, -0.2) is 0 Å². The first-order valence-electron chi connectivity index (χ1n) is 7.54. The molecule has 0 saturated carbocycles. The van der Waals surface area contributed by atoms with E-state index in [2.05, 4.69) is 12.2 Å². The van der Waals surface area contributed by atoms with Crippen molar-refractivity contribution in [2.75, 3.05) is 6.54 Å². The Bertz CT molecular complexity index is 257. The molecule has 0 heterocycles. The van der Waals surface area contributed by atoms with Gasteiger partial charge in [-0.05, 0) is 30.9 Å². The van der Waals surface area contributed by atoms with Gasteiger partial charge in [0.2, 0.25) is 11.1 Å². The summed E-state index contributed by atoms with van der Waals surface area (Å²) in [6.45, 7) is 4.88. The molecule has 0 radical (unpaired) electrons. The third-order valence-electron chi connectivity index (χ3n) is 3.29. The Morgan fingerprint density at radius 1 is 1.05 bits per heavy atom. The molecule has 0 saturated heterocycles. The second kappa shape index (κ2) is 12.5. The second-order valence-electron chi connectivity index (χ2n) is 5.21. The van der Waals surface area contributed by atoms with Crippen LogP contribution >= 0.6 is 11.6 Å². The molecule has 0 aromatic carbocycles. The maximum atomic E-state index is 11.8. The van der Waals surface area contributed by atoms with Gasteiger partial charge in [-0.3, -0.25) is 9.59 Å². The number of amides is 1. The molecular formula is C15H28ClNO2. The van der Waals surface area contributed by atoms with E-state index in [0.717, 1.165) is 32.1 Å².